The Hall–Kier alpha value is -3.62. The van der Waals surface area contributed by atoms with Crippen LogP contribution >= 0.6 is 0 Å². The molecule has 0 saturated heterocycles. The molecule has 0 bridgehead atoms. The predicted molar refractivity (Wildman–Crippen MR) is 163 cm³/mol. The Morgan fingerprint density at radius 3 is 2.12 bits per heavy atom. The average molecular weight is 580 g/mol. The zero-order valence-corrected chi connectivity index (χ0v) is 25.3. The fraction of sp³-hybridized carbons (Fsp3) is 0.412. The quantitative estimate of drug-likeness (QED) is 0.227. The van der Waals surface area contributed by atoms with Gasteiger partial charge in [0.05, 0.1) is 6.10 Å². The standard InChI is InChI=1S/C34H43F2N3O3/c1-6-10-39(11-7-2)34(42)30-14-22(4)13-29(33(37)41)32(30)28(17-24-15-26(35)18-27(36)16-24)31(40)20-38-19-25-12-21(3)8-9-23(25)5/h8-9,12-16,18,28,31,38,40H,6-7,10-11,17,19-20H2,1-5H3,(H2,37,41)/t28-,31+/m1/s1. The van der Waals surface area contributed by atoms with Crippen LogP contribution in [-0.2, 0) is 13.0 Å². The van der Waals surface area contributed by atoms with E-state index in [1.54, 1.807) is 24.0 Å². The number of nitrogens with one attached hydrogen (secondary N) is 1. The highest BCUT2D eigenvalue weighted by Crippen LogP contribution is 2.33. The number of aliphatic hydroxyl groups excluding tert-OH is 1. The van der Waals surface area contributed by atoms with Crippen LogP contribution in [0.15, 0.2) is 48.5 Å². The lowest BCUT2D eigenvalue weighted by Crippen LogP contribution is -2.37. The maximum Gasteiger partial charge on any atom is 0.254 e. The Kier molecular flexibility index (Phi) is 11.8. The van der Waals surface area contributed by atoms with E-state index >= 15 is 0 Å². The number of primary amides is 1. The van der Waals surface area contributed by atoms with Crippen molar-refractivity contribution in [2.45, 2.75) is 72.4 Å². The van der Waals surface area contributed by atoms with E-state index in [-0.39, 0.29) is 30.0 Å². The summed E-state index contributed by atoms with van der Waals surface area (Å²) in [5.74, 6) is -3.39. The summed E-state index contributed by atoms with van der Waals surface area (Å²) in [7, 11) is 0. The van der Waals surface area contributed by atoms with Gasteiger partial charge in [0.1, 0.15) is 11.6 Å². The molecule has 2 amide bonds. The number of aliphatic hydroxyl groups is 1. The van der Waals surface area contributed by atoms with Crippen molar-refractivity contribution in [2.24, 2.45) is 5.73 Å². The second kappa shape index (κ2) is 15.0. The third-order valence-corrected chi connectivity index (χ3v) is 7.48. The van der Waals surface area contributed by atoms with Gasteiger partial charge in [-0.25, -0.2) is 8.78 Å². The topological polar surface area (TPSA) is 95.7 Å². The molecule has 0 heterocycles. The van der Waals surface area contributed by atoms with Gasteiger partial charge in [0, 0.05) is 49.3 Å². The van der Waals surface area contributed by atoms with Crippen LogP contribution in [-0.4, -0.2) is 47.6 Å². The summed E-state index contributed by atoms with van der Waals surface area (Å²) in [5, 5.41) is 15.0. The molecule has 3 rings (SSSR count). The number of nitrogens with zero attached hydrogens (tertiary/aromatic N) is 1. The van der Waals surface area contributed by atoms with Crippen LogP contribution in [0, 0.1) is 32.4 Å². The molecule has 8 heteroatoms. The number of nitrogens with two attached hydrogens (primary N) is 1. The molecular formula is C34H43F2N3O3. The SMILES string of the molecule is CCCN(CCC)C(=O)c1cc(C)cc(C(N)=O)c1[C@H](Cc1cc(F)cc(F)c1)[C@@H](O)CNCc1cc(C)ccc1C. The number of rotatable bonds is 14. The molecule has 0 fully saturated rings. The van der Waals surface area contributed by atoms with Gasteiger partial charge in [-0.15, -0.1) is 0 Å². The number of amides is 2. The summed E-state index contributed by atoms with van der Waals surface area (Å²) in [4.78, 5) is 28.5. The molecule has 3 aromatic rings. The smallest absolute Gasteiger partial charge is 0.254 e. The van der Waals surface area contributed by atoms with Gasteiger partial charge in [0.15, 0.2) is 0 Å². The van der Waals surface area contributed by atoms with E-state index in [0.717, 1.165) is 35.6 Å². The minimum Gasteiger partial charge on any atom is -0.391 e. The minimum atomic E-state index is -1.13. The summed E-state index contributed by atoms with van der Waals surface area (Å²) in [6, 6.07) is 12.6. The molecule has 4 N–H and O–H groups in total. The molecule has 0 spiro atoms. The van der Waals surface area contributed by atoms with Crippen LogP contribution in [0.3, 0.4) is 0 Å². The molecule has 0 radical (unpaired) electrons. The van der Waals surface area contributed by atoms with Crippen molar-refractivity contribution >= 4 is 11.8 Å². The van der Waals surface area contributed by atoms with E-state index in [4.69, 9.17) is 5.73 Å². The Bertz CT molecular complexity index is 1380. The first-order valence-corrected chi connectivity index (χ1v) is 14.6. The number of carbonyl (C=O) groups is 2. The van der Waals surface area contributed by atoms with E-state index in [1.165, 1.54) is 12.1 Å². The fourth-order valence-corrected chi connectivity index (χ4v) is 5.50. The van der Waals surface area contributed by atoms with Gasteiger partial charge < -0.3 is 21.1 Å². The molecule has 0 saturated carbocycles. The van der Waals surface area contributed by atoms with E-state index < -0.39 is 29.6 Å². The molecular weight excluding hydrogens is 536 g/mol. The van der Waals surface area contributed by atoms with E-state index in [0.29, 0.717) is 36.3 Å². The van der Waals surface area contributed by atoms with Gasteiger partial charge >= 0.3 is 0 Å². The van der Waals surface area contributed by atoms with Gasteiger partial charge in [0.25, 0.3) is 5.91 Å². The molecule has 0 aromatic heterocycles. The van der Waals surface area contributed by atoms with Crippen molar-refractivity contribution < 1.29 is 23.5 Å². The summed E-state index contributed by atoms with van der Waals surface area (Å²) < 4.78 is 28.5. The van der Waals surface area contributed by atoms with Crippen LogP contribution in [0.5, 0.6) is 0 Å². The minimum absolute atomic E-state index is 0.0217. The third kappa shape index (κ3) is 8.46. The van der Waals surface area contributed by atoms with Crippen molar-refractivity contribution in [1.29, 1.82) is 0 Å². The first kappa shape index (κ1) is 32.9. The zero-order valence-electron chi connectivity index (χ0n) is 25.3. The number of benzene rings is 3. The highest BCUT2D eigenvalue weighted by Gasteiger charge is 2.32. The first-order valence-electron chi connectivity index (χ1n) is 14.6. The first-order chi connectivity index (χ1) is 19.9. The lowest BCUT2D eigenvalue weighted by atomic mass is 9.80. The lowest BCUT2D eigenvalue weighted by Gasteiger charge is -2.30. The summed E-state index contributed by atoms with van der Waals surface area (Å²) >= 11 is 0. The molecule has 3 aromatic carbocycles. The number of aryl methyl sites for hydroxylation is 3. The maximum atomic E-state index is 14.2. The Morgan fingerprint density at radius 1 is 0.905 bits per heavy atom. The Morgan fingerprint density at radius 2 is 1.52 bits per heavy atom. The van der Waals surface area contributed by atoms with Gasteiger partial charge in [-0.05, 0) is 92.1 Å². The van der Waals surface area contributed by atoms with Crippen LogP contribution in [0.2, 0.25) is 0 Å². The number of hydrogen-bond acceptors (Lipinski definition) is 4. The molecule has 0 aliphatic heterocycles. The average Bonchev–Trinajstić information content (AvgIpc) is 2.92. The Labute approximate surface area is 247 Å². The van der Waals surface area contributed by atoms with E-state index in [9.17, 15) is 23.5 Å². The van der Waals surface area contributed by atoms with Crippen molar-refractivity contribution in [3.8, 4) is 0 Å². The van der Waals surface area contributed by atoms with Crippen molar-refractivity contribution in [2.75, 3.05) is 19.6 Å². The molecule has 226 valence electrons. The predicted octanol–water partition coefficient (Wildman–Crippen LogP) is 5.73. The van der Waals surface area contributed by atoms with Crippen molar-refractivity contribution in [1.82, 2.24) is 10.2 Å². The summed E-state index contributed by atoms with van der Waals surface area (Å²) in [6.45, 7) is 11.4. The number of halogens is 2. The molecule has 6 nitrogen and oxygen atoms in total. The van der Waals surface area contributed by atoms with Crippen molar-refractivity contribution in [3.63, 3.8) is 0 Å². The van der Waals surface area contributed by atoms with Crippen LogP contribution in [0.1, 0.15) is 86.7 Å². The lowest BCUT2D eigenvalue weighted by molar-refractivity contribution is 0.0751. The van der Waals surface area contributed by atoms with Crippen molar-refractivity contribution in [3.05, 3.63) is 105 Å². The molecule has 42 heavy (non-hydrogen) atoms. The van der Waals surface area contributed by atoms with Gasteiger partial charge in [0.2, 0.25) is 5.91 Å². The van der Waals surface area contributed by atoms with Crippen LogP contribution in [0.25, 0.3) is 0 Å². The van der Waals surface area contributed by atoms with E-state index in [2.05, 4.69) is 11.4 Å². The maximum absolute atomic E-state index is 14.2. The number of carbonyl (C=O) groups excluding carboxylic acids is 2. The monoisotopic (exact) mass is 579 g/mol. The molecule has 2 atom stereocenters. The van der Waals surface area contributed by atoms with Gasteiger partial charge in [-0.1, -0.05) is 37.6 Å². The summed E-state index contributed by atoms with van der Waals surface area (Å²) in [6.07, 6.45) is 0.338. The molecule has 0 aliphatic carbocycles. The van der Waals surface area contributed by atoms with Gasteiger partial charge in [-0.3, -0.25) is 9.59 Å². The second-order valence-electron chi connectivity index (χ2n) is 11.1. The zero-order chi connectivity index (χ0) is 31.0. The fourth-order valence-electron chi connectivity index (χ4n) is 5.50. The van der Waals surface area contributed by atoms with Crippen LogP contribution < -0.4 is 11.1 Å². The highest BCUT2D eigenvalue weighted by molar-refractivity contribution is 6.02. The number of hydrogen-bond donors (Lipinski definition) is 3. The largest absolute Gasteiger partial charge is 0.391 e. The van der Waals surface area contributed by atoms with Gasteiger partial charge in [-0.2, -0.15) is 0 Å². The molecule has 0 unspecified atom stereocenters. The normalized spacial score (nSPS) is 12.7. The third-order valence-electron chi connectivity index (χ3n) is 7.48. The summed E-state index contributed by atoms with van der Waals surface area (Å²) in [5.41, 5.74) is 10.8. The second-order valence-corrected chi connectivity index (χ2v) is 11.1. The Balaban J connectivity index is 2.12. The highest BCUT2D eigenvalue weighted by atomic mass is 19.1. The molecule has 0 aliphatic rings. The van der Waals surface area contributed by atoms with E-state index in [1.807, 2.05) is 39.8 Å². The van der Waals surface area contributed by atoms with Crippen LogP contribution in [0.4, 0.5) is 8.78 Å².